The summed E-state index contributed by atoms with van der Waals surface area (Å²) in [6.45, 7) is 0. The summed E-state index contributed by atoms with van der Waals surface area (Å²) in [5.74, 6) is -1.35. The highest BCUT2D eigenvalue weighted by molar-refractivity contribution is 6.40. The van der Waals surface area contributed by atoms with E-state index in [4.69, 9.17) is 28.9 Å². The van der Waals surface area contributed by atoms with Gasteiger partial charge in [-0.15, -0.1) is 0 Å². The number of nitrogens with one attached hydrogen (secondary N) is 1. The van der Waals surface area contributed by atoms with Crippen LogP contribution in [0.5, 0.6) is 0 Å². The summed E-state index contributed by atoms with van der Waals surface area (Å²) < 4.78 is 13.6. The molecule has 3 N–H and O–H groups in total. The number of amides is 1. The molecule has 6 heteroatoms. The van der Waals surface area contributed by atoms with Crippen LogP contribution in [0, 0.1) is 5.82 Å². The highest BCUT2D eigenvalue weighted by atomic mass is 35.5. The SMILES string of the molecule is Nc1ccc(C(=O)Nc2c(Cl)cccc2Cl)c(F)c1. The van der Waals surface area contributed by atoms with E-state index in [-0.39, 0.29) is 27.0 Å². The highest BCUT2D eigenvalue weighted by Crippen LogP contribution is 2.30. The lowest BCUT2D eigenvalue weighted by molar-refractivity contribution is 0.102. The topological polar surface area (TPSA) is 55.1 Å². The van der Waals surface area contributed by atoms with Gasteiger partial charge in [0.05, 0.1) is 21.3 Å². The highest BCUT2D eigenvalue weighted by Gasteiger charge is 2.15. The first-order chi connectivity index (χ1) is 8.99. The number of anilines is 2. The van der Waals surface area contributed by atoms with Crippen molar-refractivity contribution < 1.29 is 9.18 Å². The molecule has 98 valence electrons. The second-order valence-corrected chi connectivity index (χ2v) is 4.60. The van der Waals surface area contributed by atoms with E-state index in [1.54, 1.807) is 18.2 Å². The van der Waals surface area contributed by atoms with Crippen LogP contribution < -0.4 is 11.1 Å². The molecule has 3 nitrogen and oxygen atoms in total. The predicted octanol–water partition coefficient (Wildman–Crippen LogP) is 3.97. The summed E-state index contributed by atoms with van der Waals surface area (Å²) >= 11 is 11.8. The molecule has 0 aliphatic rings. The summed E-state index contributed by atoms with van der Waals surface area (Å²) in [6, 6.07) is 8.59. The molecule has 2 aromatic carbocycles. The molecule has 0 saturated carbocycles. The van der Waals surface area contributed by atoms with Gasteiger partial charge in [0.25, 0.3) is 5.91 Å². The molecular weight excluding hydrogens is 290 g/mol. The van der Waals surface area contributed by atoms with Gasteiger partial charge in [-0.2, -0.15) is 0 Å². The molecule has 0 aliphatic heterocycles. The third-order valence-electron chi connectivity index (χ3n) is 2.44. The van der Waals surface area contributed by atoms with Gasteiger partial charge in [0.1, 0.15) is 5.82 Å². The van der Waals surface area contributed by atoms with E-state index in [0.717, 1.165) is 6.07 Å². The molecule has 0 aromatic heterocycles. The molecule has 2 rings (SSSR count). The van der Waals surface area contributed by atoms with Crippen LogP contribution in [0.25, 0.3) is 0 Å². The van der Waals surface area contributed by atoms with Crippen molar-refractivity contribution in [3.05, 3.63) is 57.8 Å². The first-order valence-corrected chi connectivity index (χ1v) is 6.05. The average Bonchev–Trinajstić information content (AvgIpc) is 2.33. The van der Waals surface area contributed by atoms with Crippen LogP contribution in [0.3, 0.4) is 0 Å². The number of nitrogen functional groups attached to an aromatic ring is 1. The predicted molar refractivity (Wildman–Crippen MR) is 75.2 cm³/mol. The third kappa shape index (κ3) is 2.97. The van der Waals surface area contributed by atoms with Gasteiger partial charge >= 0.3 is 0 Å². The van der Waals surface area contributed by atoms with Crippen LogP contribution in [0.2, 0.25) is 10.0 Å². The minimum Gasteiger partial charge on any atom is -0.399 e. The Hall–Kier alpha value is -1.78. The molecule has 0 fully saturated rings. The van der Waals surface area contributed by atoms with E-state index >= 15 is 0 Å². The molecule has 0 bridgehead atoms. The van der Waals surface area contributed by atoms with Gasteiger partial charge in [-0.3, -0.25) is 4.79 Å². The van der Waals surface area contributed by atoms with Gasteiger partial charge in [-0.25, -0.2) is 4.39 Å². The van der Waals surface area contributed by atoms with E-state index in [0.29, 0.717) is 0 Å². The van der Waals surface area contributed by atoms with E-state index in [1.807, 2.05) is 0 Å². The number of rotatable bonds is 2. The number of hydrogen-bond acceptors (Lipinski definition) is 2. The smallest absolute Gasteiger partial charge is 0.258 e. The summed E-state index contributed by atoms with van der Waals surface area (Å²) in [6.07, 6.45) is 0. The number of nitrogens with two attached hydrogens (primary N) is 1. The van der Waals surface area contributed by atoms with Crippen LogP contribution in [-0.4, -0.2) is 5.91 Å². The molecule has 0 aliphatic carbocycles. The Morgan fingerprint density at radius 1 is 1.16 bits per heavy atom. The number of halogens is 3. The van der Waals surface area contributed by atoms with Crippen molar-refractivity contribution in [1.29, 1.82) is 0 Å². The quantitative estimate of drug-likeness (QED) is 0.824. The van der Waals surface area contributed by atoms with E-state index in [1.165, 1.54) is 12.1 Å². The monoisotopic (exact) mass is 298 g/mol. The average molecular weight is 299 g/mol. The van der Waals surface area contributed by atoms with Crippen molar-refractivity contribution in [2.45, 2.75) is 0 Å². The van der Waals surface area contributed by atoms with Gasteiger partial charge < -0.3 is 11.1 Å². The zero-order valence-corrected chi connectivity index (χ0v) is 11.1. The second-order valence-electron chi connectivity index (χ2n) is 3.79. The maximum Gasteiger partial charge on any atom is 0.258 e. The number of para-hydroxylation sites is 1. The van der Waals surface area contributed by atoms with E-state index in [9.17, 15) is 9.18 Å². The van der Waals surface area contributed by atoms with Gasteiger partial charge in [-0.1, -0.05) is 29.3 Å². The lowest BCUT2D eigenvalue weighted by atomic mass is 10.1. The van der Waals surface area contributed by atoms with Gasteiger partial charge in [0.15, 0.2) is 0 Å². The van der Waals surface area contributed by atoms with Crippen LogP contribution in [0.1, 0.15) is 10.4 Å². The van der Waals surface area contributed by atoms with E-state index in [2.05, 4.69) is 5.32 Å². The largest absolute Gasteiger partial charge is 0.399 e. The Morgan fingerprint density at radius 2 is 1.79 bits per heavy atom. The fraction of sp³-hybridized carbons (Fsp3) is 0. The van der Waals surface area contributed by atoms with Crippen LogP contribution >= 0.6 is 23.2 Å². The molecule has 0 spiro atoms. The lowest BCUT2D eigenvalue weighted by Gasteiger charge is -2.09. The number of benzene rings is 2. The molecule has 0 radical (unpaired) electrons. The molecule has 0 saturated heterocycles. The minimum atomic E-state index is -0.708. The summed E-state index contributed by atoms with van der Waals surface area (Å²) in [5.41, 5.74) is 5.76. The Bertz CT molecular complexity index is 626. The van der Waals surface area contributed by atoms with Crippen molar-refractivity contribution in [2.75, 3.05) is 11.1 Å². The normalized spacial score (nSPS) is 10.3. The fourth-order valence-corrected chi connectivity index (χ4v) is 2.01. The van der Waals surface area contributed by atoms with Crippen molar-refractivity contribution in [2.24, 2.45) is 0 Å². The Kier molecular flexibility index (Phi) is 3.93. The van der Waals surface area contributed by atoms with Crippen LogP contribution in [0.15, 0.2) is 36.4 Å². The van der Waals surface area contributed by atoms with Crippen molar-refractivity contribution in [1.82, 2.24) is 0 Å². The molecule has 19 heavy (non-hydrogen) atoms. The fourth-order valence-electron chi connectivity index (χ4n) is 1.51. The molecule has 0 heterocycles. The van der Waals surface area contributed by atoms with Crippen molar-refractivity contribution in [3.8, 4) is 0 Å². The first-order valence-electron chi connectivity index (χ1n) is 5.29. The summed E-state index contributed by atoms with van der Waals surface area (Å²) in [4.78, 5) is 11.9. The Labute approximate surface area is 119 Å². The second kappa shape index (κ2) is 5.47. The lowest BCUT2D eigenvalue weighted by Crippen LogP contribution is -2.14. The number of carbonyl (C=O) groups is 1. The van der Waals surface area contributed by atoms with Crippen molar-refractivity contribution in [3.63, 3.8) is 0 Å². The molecule has 0 atom stereocenters. The van der Waals surface area contributed by atoms with Gasteiger partial charge in [0.2, 0.25) is 0 Å². The van der Waals surface area contributed by atoms with Gasteiger partial charge in [0, 0.05) is 5.69 Å². The molecular formula is C13H9Cl2FN2O. The molecule has 0 unspecified atom stereocenters. The van der Waals surface area contributed by atoms with Crippen LogP contribution in [-0.2, 0) is 0 Å². The zero-order valence-electron chi connectivity index (χ0n) is 9.58. The summed E-state index contributed by atoms with van der Waals surface area (Å²) in [7, 11) is 0. The van der Waals surface area contributed by atoms with Crippen LogP contribution in [0.4, 0.5) is 15.8 Å². The van der Waals surface area contributed by atoms with Crippen molar-refractivity contribution >= 4 is 40.5 Å². The molecule has 2 aromatic rings. The standard InChI is InChI=1S/C13H9Cl2FN2O/c14-9-2-1-3-10(15)12(9)18-13(19)8-5-4-7(17)6-11(8)16/h1-6H,17H2,(H,18,19). The maximum absolute atomic E-state index is 13.6. The third-order valence-corrected chi connectivity index (χ3v) is 3.07. The Balaban J connectivity index is 2.31. The number of hydrogen-bond donors (Lipinski definition) is 2. The van der Waals surface area contributed by atoms with Gasteiger partial charge in [-0.05, 0) is 30.3 Å². The molecule has 1 amide bonds. The zero-order chi connectivity index (χ0) is 14.0. The maximum atomic E-state index is 13.6. The number of carbonyl (C=O) groups excluding carboxylic acids is 1. The van der Waals surface area contributed by atoms with E-state index < -0.39 is 11.7 Å². The summed E-state index contributed by atoms with van der Waals surface area (Å²) in [5, 5.41) is 3.02. The Morgan fingerprint density at radius 3 is 2.37 bits per heavy atom. The first kappa shape index (κ1) is 13.6. The minimum absolute atomic E-state index is 0.134.